The monoisotopic (exact) mass is 335 g/mol. The summed E-state index contributed by atoms with van der Waals surface area (Å²) >= 11 is 0. The number of hydrogen-bond donors (Lipinski definition) is 1. The molecule has 0 radical (unpaired) electrons. The SMILES string of the molecule is Cc1nc(C)c(C(=O)N[C@H]2CCN(c3c(F)cccc3F)C2=O)o1. The maximum atomic E-state index is 13.8. The predicted molar refractivity (Wildman–Crippen MR) is 80.6 cm³/mol. The molecule has 1 aromatic heterocycles. The van der Waals surface area contributed by atoms with Gasteiger partial charge in [0, 0.05) is 13.5 Å². The van der Waals surface area contributed by atoms with E-state index in [4.69, 9.17) is 4.42 Å². The third-order valence-electron chi connectivity index (χ3n) is 3.83. The number of rotatable bonds is 3. The molecule has 24 heavy (non-hydrogen) atoms. The summed E-state index contributed by atoms with van der Waals surface area (Å²) in [4.78, 5) is 29.6. The van der Waals surface area contributed by atoms with Crippen molar-refractivity contribution >= 4 is 17.5 Å². The lowest BCUT2D eigenvalue weighted by molar-refractivity contribution is -0.118. The third kappa shape index (κ3) is 2.75. The first-order valence-electron chi connectivity index (χ1n) is 7.38. The number of anilines is 1. The van der Waals surface area contributed by atoms with Gasteiger partial charge in [-0.05, 0) is 25.5 Å². The van der Waals surface area contributed by atoms with Crippen LogP contribution in [0.15, 0.2) is 22.6 Å². The molecule has 0 unspecified atom stereocenters. The van der Waals surface area contributed by atoms with Crippen molar-refractivity contribution in [3.63, 3.8) is 0 Å². The minimum Gasteiger partial charge on any atom is -0.436 e. The smallest absolute Gasteiger partial charge is 0.289 e. The normalized spacial score (nSPS) is 17.4. The number of oxazole rings is 1. The number of para-hydroxylation sites is 1. The maximum absolute atomic E-state index is 13.8. The van der Waals surface area contributed by atoms with Crippen molar-refractivity contribution in [2.75, 3.05) is 11.4 Å². The Bertz CT molecular complexity index is 799. The molecule has 0 aliphatic carbocycles. The summed E-state index contributed by atoms with van der Waals surface area (Å²) < 4.78 is 32.9. The Morgan fingerprint density at radius 1 is 1.33 bits per heavy atom. The molecule has 0 spiro atoms. The molecule has 0 bridgehead atoms. The molecule has 1 saturated heterocycles. The van der Waals surface area contributed by atoms with E-state index in [1.165, 1.54) is 6.07 Å². The highest BCUT2D eigenvalue weighted by Crippen LogP contribution is 2.27. The first kappa shape index (κ1) is 16.1. The molecule has 3 rings (SSSR count). The topological polar surface area (TPSA) is 75.4 Å². The molecule has 1 aromatic carbocycles. The van der Waals surface area contributed by atoms with Gasteiger partial charge in [-0.2, -0.15) is 0 Å². The molecule has 0 saturated carbocycles. The second kappa shape index (κ2) is 6.03. The number of nitrogens with zero attached hydrogens (tertiary/aromatic N) is 2. The molecule has 126 valence electrons. The Morgan fingerprint density at radius 3 is 2.58 bits per heavy atom. The zero-order chi connectivity index (χ0) is 17.4. The van der Waals surface area contributed by atoms with Gasteiger partial charge in [0.05, 0.1) is 5.69 Å². The number of carbonyl (C=O) groups is 2. The minimum atomic E-state index is -0.874. The maximum Gasteiger partial charge on any atom is 0.289 e. The summed E-state index contributed by atoms with van der Waals surface area (Å²) in [6.07, 6.45) is 0.241. The van der Waals surface area contributed by atoms with Crippen LogP contribution in [0.25, 0.3) is 0 Å². The van der Waals surface area contributed by atoms with Gasteiger partial charge in [0.2, 0.25) is 11.7 Å². The highest BCUT2D eigenvalue weighted by Gasteiger charge is 2.37. The molecule has 2 aromatic rings. The first-order valence-corrected chi connectivity index (χ1v) is 7.38. The fourth-order valence-corrected chi connectivity index (χ4v) is 2.75. The van der Waals surface area contributed by atoms with E-state index in [0.717, 1.165) is 17.0 Å². The molecule has 1 aliphatic heterocycles. The molecular weight excluding hydrogens is 320 g/mol. The second-order valence-corrected chi connectivity index (χ2v) is 5.52. The van der Waals surface area contributed by atoms with Crippen LogP contribution in [0.4, 0.5) is 14.5 Å². The molecule has 1 atom stereocenters. The van der Waals surface area contributed by atoms with Crippen molar-refractivity contribution in [2.24, 2.45) is 0 Å². The van der Waals surface area contributed by atoms with Crippen LogP contribution in [0.3, 0.4) is 0 Å². The molecule has 1 N–H and O–H groups in total. The van der Waals surface area contributed by atoms with E-state index in [1.54, 1.807) is 13.8 Å². The summed E-state index contributed by atoms with van der Waals surface area (Å²) in [6, 6.07) is 2.51. The van der Waals surface area contributed by atoms with E-state index in [0.29, 0.717) is 11.6 Å². The largest absolute Gasteiger partial charge is 0.436 e. The van der Waals surface area contributed by atoms with E-state index in [9.17, 15) is 18.4 Å². The van der Waals surface area contributed by atoms with Crippen LogP contribution in [-0.4, -0.2) is 29.4 Å². The van der Waals surface area contributed by atoms with Crippen LogP contribution >= 0.6 is 0 Å². The first-order chi connectivity index (χ1) is 11.4. The van der Waals surface area contributed by atoms with E-state index in [-0.39, 0.29) is 18.7 Å². The van der Waals surface area contributed by atoms with Gasteiger partial charge < -0.3 is 14.6 Å². The predicted octanol–water partition coefficient (Wildman–Crippen LogP) is 2.10. The van der Waals surface area contributed by atoms with Gasteiger partial charge >= 0.3 is 0 Å². The number of aryl methyl sites for hydroxylation is 2. The van der Waals surface area contributed by atoms with Gasteiger partial charge in [0.25, 0.3) is 5.91 Å². The summed E-state index contributed by atoms with van der Waals surface area (Å²) in [5, 5.41) is 2.53. The standard InChI is InChI=1S/C16H15F2N3O3/c1-8-14(24-9(2)19-8)15(22)20-12-6-7-21(16(12)23)13-10(17)4-3-5-11(13)18/h3-5,12H,6-7H2,1-2H3,(H,20,22)/t12-/m0/s1. The summed E-state index contributed by atoms with van der Waals surface area (Å²) in [7, 11) is 0. The van der Waals surface area contributed by atoms with Crippen molar-refractivity contribution in [2.45, 2.75) is 26.3 Å². The summed E-state index contributed by atoms with van der Waals surface area (Å²) in [6.45, 7) is 3.33. The van der Waals surface area contributed by atoms with Crippen LogP contribution in [0, 0.1) is 25.5 Å². The summed E-state index contributed by atoms with van der Waals surface area (Å²) in [5.74, 6) is -2.43. The summed E-state index contributed by atoms with van der Waals surface area (Å²) in [5.41, 5.74) is 0.0124. The highest BCUT2D eigenvalue weighted by atomic mass is 19.1. The molecule has 6 nitrogen and oxygen atoms in total. The number of benzene rings is 1. The van der Waals surface area contributed by atoms with Crippen LogP contribution in [0.2, 0.25) is 0 Å². The second-order valence-electron chi connectivity index (χ2n) is 5.52. The lowest BCUT2D eigenvalue weighted by Gasteiger charge is -2.18. The molecule has 2 amide bonds. The molecule has 1 aliphatic rings. The fraction of sp³-hybridized carbons (Fsp3) is 0.312. The van der Waals surface area contributed by atoms with Crippen LogP contribution in [0.1, 0.15) is 28.6 Å². The van der Waals surface area contributed by atoms with Crippen molar-refractivity contribution < 1.29 is 22.8 Å². The van der Waals surface area contributed by atoms with Gasteiger partial charge in [0.1, 0.15) is 23.4 Å². The van der Waals surface area contributed by atoms with E-state index >= 15 is 0 Å². The van der Waals surface area contributed by atoms with Crippen molar-refractivity contribution in [3.8, 4) is 0 Å². The van der Waals surface area contributed by atoms with Gasteiger partial charge in [0.15, 0.2) is 5.89 Å². The molecule has 2 heterocycles. The number of carbonyl (C=O) groups excluding carboxylic acids is 2. The lowest BCUT2D eigenvalue weighted by Crippen LogP contribution is -2.42. The highest BCUT2D eigenvalue weighted by molar-refractivity contribution is 6.03. The van der Waals surface area contributed by atoms with E-state index in [2.05, 4.69) is 10.3 Å². The number of aromatic nitrogens is 1. The van der Waals surface area contributed by atoms with Gasteiger partial charge in [-0.3, -0.25) is 9.59 Å². The van der Waals surface area contributed by atoms with Crippen LogP contribution < -0.4 is 10.2 Å². The number of halogens is 2. The minimum absolute atomic E-state index is 0.0239. The zero-order valence-electron chi connectivity index (χ0n) is 13.1. The quantitative estimate of drug-likeness (QED) is 0.932. The van der Waals surface area contributed by atoms with E-state index in [1.807, 2.05) is 0 Å². The van der Waals surface area contributed by atoms with Crippen LogP contribution in [0.5, 0.6) is 0 Å². The van der Waals surface area contributed by atoms with Crippen molar-refractivity contribution in [3.05, 3.63) is 47.2 Å². The van der Waals surface area contributed by atoms with Crippen molar-refractivity contribution in [1.82, 2.24) is 10.3 Å². The molecule has 8 heteroatoms. The fourth-order valence-electron chi connectivity index (χ4n) is 2.75. The lowest BCUT2D eigenvalue weighted by atomic mass is 10.2. The molecule has 1 fully saturated rings. The Hall–Kier alpha value is -2.77. The van der Waals surface area contributed by atoms with Crippen LogP contribution in [-0.2, 0) is 4.79 Å². The molecular formula is C16H15F2N3O3. The van der Waals surface area contributed by atoms with E-state index < -0.39 is 35.2 Å². The van der Waals surface area contributed by atoms with Crippen molar-refractivity contribution in [1.29, 1.82) is 0 Å². The van der Waals surface area contributed by atoms with Gasteiger partial charge in [-0.25, -0.2) is 13.8 Å². The zero-order valence-corrected chi connectivity index (χ0v) is 13.1. The van der Waals surface area contributed by atoms with Gasteiger partial charge in [-0.15, -0.1) is 0 Å². The Labute approximate surface area is 136 Å². The Morgan fingerprint density at radius 2 is 2.00 bits per heavy atom. The Kier molecular flexibility index (Phi) is 4.04. The average Bonchev–Trinajstić information content (AvgIpc) is 3.03. The number of nitrogens with one attached hydrogen (secondary N) is 1. The number of hydrogen-bond acceptors (Lipinski definition) is 4. The number of amides is 2. The average molecular weight is 335 g/mol. The van der Waals surface area contributed by atoms with Gasteiger partial charge in [-0.1, -0.05) is 6.07 Å². The third-order valence-corrected chi connectivity index (χ3v) is 3.83. The Balaban J connectivity index is 1.77.